The highest BCUT2D eigenvalue weighted by Crippen LogP contribution is 2.31. The van der Waals surface area contributed by atoms with Crippen LogP contribution in [0.3, 0.4) is 0 Å². The smallest absolute Gasteiger partial charge is 0.349 e. The lowest BCUT2D eigenvalue weighted by Gasteiger charge is -2.32. The Hall–Kier alpha value is -3.25. The van der Waals surface area contributed by atoms with E-state index in [1.54, 1.807) is 22.9 Å². The number of halogens is 1. The van der Waals surface area contributed by atoms with Gasteiger partial charge in [0.2, 0.25) is 0 Å². The average molecular weight is 455 g/mol. The van der Waals surface area contributed by atoms with Crippen LogP contribution in [0.1, 0.15) is 54.4 Å². The molecule has 9 heteroatoms. The lowest BCUT2D eigenvalue weighted by Crippen LogP contribution is -2.52. The van der Waals surface area contributed by atoms with Gasteiger partial charge in [0.25, 0.3) is 5.91 Å². The second-order valence-electron chi connectivity index (χ2n) is 8.09. The first-order valence-electron chi connectivity index (χ1n) is 10.5. The molecule has 1 N–H and O–H groups in total. The number of amides is 1. The summed E-state index contributed by atoms with van der Waals surface area (Å²) in [6.45, 7) is 3.33. The highest BCUT2D eigenvalue weighted by Gasteiger charge is 2.35. The highest BCUT2D eigenvalue weighted by atomic mass is 32.1. The molecule has 1 amide bonds. The number of nitriles is 1. The van der Waals surface area contributed by atoms with Gasteiger partial charge < -0.3 is 10.1 Å². The normalized spacial score (nSPS) is 16.3. The predicted octanol–water partition coefficient (Wildman–Crippen LogP) is 4.42. The summed E-state index contributed by atoms with van der Waals surface area (Å²) < 4.78 is 20.3. The van der Waals surface area contributed by atoms with Crippen LogP contribution in [-0.2, 0) is 9.53 Å². The fourth-order valence-corrected chi connectivity index (χ4v) is 5.00. The third-order valence-corrected chi connectivity index (χ3v) is 6.84. The van der Waals surface area contributed by atoms with Crippen molar-refractivity contribution in [3.8, 4) is 11.8 Å². The van der Waals surface area contributed by atoms with E-state index in [4.69, 9.17) is 4.74 Å². The molecule has 4 rings (SSSR count). The summed E-state index contributed by atoms with van der Waals surface area (Å²) in [7, 11) is 0. The maximum atomic E-state index is 13.3. The van der Waals surface area contributed by atoms with Crippen molar-refractivity contribution in [2.24, 2.45) is 0 Å². The summed E-state index contributed by atoms with van der Waals surface area (Å²) in [4.78, 5) is 26.4. The first-order valence-corrected chi connectivity index (χ1v) is 11.3. The molecule has 0 saturated heterocycles. The number of esters is 1. The van der Waals surface area contributed by atoms with E-state index >= 15 is 0 Å². The van der Waals surface area contributed by atoms with Crippen LogP contribution in [0.15, 0.2) is 30.3 Å². The van der Waals surface area contributed by atoms with Crippen LogP contribution in [0, 0.1) is 24.1 Å². The minimum absolute atomic E-state index is 0.337. The Labute approximate surface area is 188 Å². The van der Waals surface area contributed by atoms with Crippen molar-refractivity contribution in [2.75, 3.05) is 0 Å². The molecule has 1 fully saturated rings. The first kappa shape index (κ1) is 22.0. The predicted molar refractivity (Wildman–Crippen MR) is 118 cm³/mol. The monoisotopic (exact) mass is 454 g/mol. The Bertz CT molecular complexity index is 1200. The zero-order valence-electron chi connectivity index (χ0n) is 17.9. The highest BCUT2D eigenvalue weighted by molar-refractivity contribution is 7.20. The minimum atomic E-state index is -1.03. The maximum Gasteiger partial charge on any atom is 0.349 e. The van der Waals surface area contributed by atoms with E-state index in [0.717, 1.165) is 35.2 Å². The van der Waals surface area contributed by atoms with E-state index in [2.05, 4.69) is 16.5 Å². The molecule has 1 saturated carbocycles. The van der Waals surface area contributed by atoms with Crippen LogP contribution in [0.5, 0.6) is 0 Å². The number of nitrogens with one attached hydrogen (secondary N) is 1. The van der Waals surface area contributed by atoms with Crippen LogP contribution in [0.4, 0.5) is 4.39 Å². The number of thiophene rings is 1. The van der Waals surface area contributed by atoms with Crippen molar-refractivity contribution in [1.29, 1.82) is 5.26 Å². The number of aryl methyl sites for hydroxylation is 1. The third kappa shape index (κ3) is 4.23. The molecule has 166 valence electrons. The molecule has 1 aromatic carbocycles. The van der Waals surface area contributed by atoms with E-state index in [9.17, 15) is 19.2 Å². The molecule has 7 nitrogen and oxygen atoms in total. The van der Waals surface area contributed by atoms with Crippen molar-refractivity contribution in [1.82, 2.24) is 15.1 Å². The van der Waals surface area contributed by atoms with Crippen LogP contribution in [0.2, 0.25) is 0 Å². The molecule has 0 unspecified atom stereocenters. The zero-order chi connectivity index (χ0) is 22.9. The fraction of sp³-hybridized carbons (Fsp3) is 0.391. The summed E-state index contributed by atoms with van der Waals surface area (Å²) in [6.07, 6.45) is 2.98. The molecule has 0 bridgehead atoms. The standard InChI is InChI=1S/C23H23FN4O3S/c1-14-18-12-19(32-21(18)28(27-14)17-8-6-16(24)7-9-17)22(30)31-15(2)20(29)26-23(13-25)10-4-3-5-11-23/h6-9,12,15H,3-5,10-11H2,1-2H3,(H,26,29)/t15-/m0/s1. The van der Waals surface area contributed by atoms with Crippen LogP contribution in [-0.4, -0.2) is 33.3 Å². The number of carbonyl (C=O) groups is 2. The van der Waals surface area contributed by atoms with E-state index in [1.807, 2.05) is 6.92 Å². The van der Waals surface area contributed by atoms with Crippen molar-refractivity contribution in [3.05, 3.63) is 46.7 Å². The first-order chi connectivity index (χ1) is 15.3. The Morgan fingerprint density at radius 2 is 1.97 bits per heavy atom. The molecular weight excluding hydrogens is 431 g/mol. The molecule has 0 radical (unpaired) electrons. The van der Waals surface area contributed by atoms with Gasteiger partial charge in [-0.3, -0.25) is 4.79 Å². The van der Waals surface area contributed by atoms with Gasteiger partial charge in [-0.15, -0.1) is 11.3 Å². The molecule has 32 heavy (non-hydrogen) atoms. The zero-order valence-corrected chi connectivity index (χ0v) is 18.7. The van der Waals surface area contributed by atoms with Gasteiger partial charge in [0.05, 0.1) is 17.5 Å². The SMILES string of the molecule is Cc1nn(-c2ccc(F)cc2)c2sc(C(=O)O[C@@H](C)C(=O)NC3(C#N)CCCCC3)cc12. The third-order valence-electron chi connectivity index (χ3n) is 5.75. The van der Waals surface area contributed by atoms with Crippen molar-refractivity contribution in [3.63, 3.8) is 0 Å². The molecule has 0 aliphatic heterocycles. The molecule has 1 atom stereocenters. The van der Waals surface area contributed by atoms with Gasteiger partial charge >= 0.3 is 5.97 Å². The van der Waals surface area contributed by atoms with Gasteiger partial charge in [-0.25, -0.2) is 13.9 Å². The van der Waals surface area contributed by atoms with Crippen molar-refractivity contribution >= 4 is 33.4 Å². The number of nitrogens with zero attached hydrogens (tertiary/aromatic N) is 3. The molecule has 2 aromatic heterocycles. The minimum Gasteiger partial charge on any atom is -0.448 e. The number of hydrogen-bond acceptors (Lipinski definition) is 6. The Morgan fingerprint density at radius 3 is 2.62 bits per heavy atom. The van der Waals surface area contributed by atoms with E-state index in [-0.39, 0.29) is 5.82 Å². The van der Waals surface area contributed by atoms with E-state index in [0.29, 0.717) is 23.4 Å². The number of rotatable bonds is 5. The van der Waals surface area contributed by atoms with Crippen LogP contribution < -0.4 is 5.32 Å². The van der Waals surface area contributed by atoms with Gasteiger partial charge in [-0.05, 0) is 57.0 Å². The number of aromatic nitrogens is 2. The largest absolute Gasteiger partial charge is 0.448 e. The molecule has 1 aliphatic carbocycles. The van der Waals surface area contributed by atoms with E-state index < -0.39 is 23.5 Å². The molecule has 3 aromatic rings. The quantitative estimate of drug-likeness (QED) is 0.576. The molecule has 1 aliphatic rings. The number of hydrogen-bond donors (Lipinski definition) is 1. The second-order valence-corrected chi connectivity index (χ2v) is 9.13. The van der Waals surface area contributed by atoms with Gasteiger partial charge in [0, 0.05) is 5.39 Å². The molecule has 2 heterocycles. The number of benzene rings is 1. The lowest BCUT2D eigenvalue weighted by molar-refractivity contribution is -0.130. The summed E-state index contributed by atoms with van der Waals surface area (Å²) in [5, 5.41) is 17.6. The van der Waals surface area contributed by atoms with Crippen LogP contribution >= 0.6 is 11.3 Å². The Kier molecular flexibility index (Phi) is 5.98. The van der Waals surface area contributed by atoms with Gasteiger partial charge in [0.15, 0.2) is 6.10 Å². The maximum absolute atomic E-state index is 13.3. The summed E-state index contributed by atoms with van der Waals surface area (Å²) in [6, 6.07) is 9.84. The Morgan fingerprint density at radius 1 is 1.28 bits per heavy atom. The average Bonchev–Trinajstić information content (AvgIpc) is 3.36. The molecular formula is C23H23FN4O3S. The molecule has 0 spiro atoms. The lowest BCUT2D eigenvalue weighted by atomic mass is 9.83. The van der Waals surface area contributed by atoms with Crippen molar-refractivity contribution < 1.29 is 18.7 Å². The summed E-state index contributed by atoms with van der Waals surface area (Å²) in [5.41, 5.74) is 0.510. The number of carbonyl (C=O) groups excluding carboxylic acids is 2. The Balaban J connectivity index is 1.50. The van der Waals surface area contributed by atoms with Gasteiger partial charge in [0.1, 0.15) is 21.1 Å². The number of ether oxygens (including phenoxy) is 1. The topological polar surface area (TPSA) is 97.0 Å². The number of fused-ring (bicyclic) bond motifs is 1. The fourth-order valence-electron chi connectivity index (χ4n) is 3.93. The van der Waals surface area contributed by atoms with Crippen molar-refractivity contribution in [2.45, 2.75) is 57.6 Å². The van der Waals surface area contributed by atoms with Crippen LogP contribution in [0.25, 0.3) is 15.9 Å². The van der Waals surface area contributed by atoms with Gasteiger partial charge in [-0.2, -0.15) is 10.4 Å². The van der Waals surface area contributed by atoms with E-state index in [1.165, 1.54) is 30.4 Å². The summed E-state index contributed by atoms with van der Waals surface area (Å²) >= 11 is 1.19. The second kappa shape index (κ2) is 8.71. The van der Waals surface area contributed by atoms with Gasteiger partial charge in [-0.1, -0.05) is 19.3 Å². The summed E-state index contributed by atoms with van der Waals surface area (Å²) in [5.74, 6) is -1.44.